The zero-order chi connectivity index (χ0) is 17.4. The lowest BCUT2D eigenvalue weighted by molar-refractivity contribution is -0.688. The van der Waals surface area contributed by atoms with E-state index in [4.69, 9.17) is 16.0 Å². The van der Waals surface area contributed by atoms with Crippen LogP contribution in [0.2, 0.25) is 5.02 Å². The van der Waals surface area contributed by atoms with Gasteiger partial charge in [-0.25, -0.2) is 13.9 Å². The number of fused-ring (bicyclic) bond motifs is 1. The highest BCUT2D eigenvalue weighted by Crippen LogP contribution is 2.24. The van der Waals surface area contributed by atoms with Crippen LogP contribution < -0.4 is 4.57 Å². The van der Waals surface area contributed by atoms with E-state index < -0.39 is 0 Å². The first kappa shape index (κ1) is 15.8. The van der Waals surface area contributed by atoms with Gasteiger partial charge in [0.05, 0.1) is 5.02 Å². The largest absolute Gasteiger partial charge is 0.436 e. The molecule has 25 heavy (non-hydrogen) atoms. The minimum Gasteiger partial charge on any atom is -0.436 e. The minimum absolute atomic E-state index is 0.333. The third kappa shape index (κ3) is 3.26. The first-order valence-corrected chi connectivity index (χ1v) is 8.27. The van der Waals surface area contributed by atoms with Crippen molar-refractivity contribution in [3.63, 3.8) is 0 Å². The maximum atomic E-state index is 13.1. The van der Waals surface area contributed by atoms with E-state index in [1.807, 2.05) is 54.2 Å². The molecule has 2 aromatic carbocycles. The van der Waals surface area contributed by atoms with Gasteiger partial charge >= 0.3 is 0 Å². The Morgan fingerprint density at radius 1 is 1.08 bits per heavy atom. The number of pyridine rings is 1. The number of hydrogen-bond acceptors (Lipinski definition) is 2. The van der Waals surface area contributed by atoms with Crippen LogP contribution in [-0.2, 0) is 6.54 Å². The van der Waals surface area contributed by atoms with Gasteiger partial charge in [0.25, 0.3) is 0 Å². The second-order valence-corrected chi connectivity index (χ2v) is 6.39. The number of hydrogen-bond donors (Lipinski definition) is 0. The molecule has 3 nitrogen and oxygen atoms in total. The molecule has 0 bridgehead atoms. The summed E-state index contributed by atoms with van der Waals surface area (Å²) in [5.74, 6) is 0.257. The van der Waals surface area contributed by atoms with Crippen molar-refractivity contribution in [3.05, 3.63) is 82.9 Å². The standard InChI is InChI=1S/C20H15ClFN2O/c1-13-2-5-19-18(10-13)23-20(25-19)14-6-8-24(9-7-14)12-15-3-4-16(22)11-17(15)21/h2-11H,12H2,1H3/q+1. The number of benzene rings is 2. The van der Waals surface area contributed by atoms with Gasteiger partial charge in [-0.2, -0.15) is 0 Å². The van der Waals surface area contributed by atoms with Crippen LogP contribution in [0.4, 0.5) is 4.39 Å². The number of rotatable bonds is 3. The lowest BCUT2D eigenvalue weighted by atomic mass is 10.2. The zero-order valence-corrected chi connectivity index (χ0v) is 14.3. The van der Waals surface area contributed by atoms with Gasteiger partial charge in [0.15, 0.2) is 24.5 Å². The third-order valence-corrected chi connectivity index (χ3v) is 4.40. The van der Waals surface area contributed by atoms with Crippen molar-refractivity contribution in [1.29, 1.82) is 0 Å². The molecule has 0 radical (unpaired) electrons. The first-order valence-electron chi connectivity index (χ1n) is 7.89. The highest BCUT2D eigenvalue weighted by Gasteiger charge is 2.12. The lowest BCUT2D eigenvalue weighted by Crippen LogP contribution is -2.33. The molecule has 0 saturated heterocycles. The van der Waals surface area contributed by atoms with Crippen molar-refractivity contribution in [2.75, 3.05) is 0 Å². The molecule has 124 valence electrons. The predicted molar refractivity (Wildman–Crippen MR) is 94.9 cm³/mol. The van der Waals surface area contributed by atoms with E-state index in [9.17, 15) is 4.39 Å². The van der Waals surface area contributed by atoms with E-state index in [2.05, 4.69) is 4.98 Å². The van der Waals surface area contributed by atoms with E-state index in [1.165, 1.54) is 12.1 Å². The van der Waals surface area contributed by atoms with Crippen LogP contribution in [0.5, 0.6) is 0 Å². The molecule has 4 aromatic rings. The van der Waals surface area contributed by atoms with E-state index in [0.717, 1.165) is 27.8 Å². The summed E-state index contributed by atoms with van der Waals surface area (Å²) >= 11 is 6.09. The van der Waals surface area contributed by atoms with E-state index in [0.29, 0.717) is 17.5 Å². The van der Waals surface area contributed by atoms with Gasteiger partial charge in [-0.15, -0.1) is 0 Å². The number of aryl methyl sites for hydroxylation is 1. The van der Waals surface area contributed by atoms with Gasteiger partial charge in [0.1, 0.15) is 11.3 Å². The summed E-state index contributed by atoms with van der Waals surface area (Å²) in [6, 6.07) is 14.2. The molecule has 0 amide bonds. The normalized spacial score (nSPS) is 11.2. The van der Waals surface area contributed by atoms with Crippen molar-refractivity contribution in [3.8, 4) is 11.5 Å². The molecule has 5 heteroatoms. The molecule has 0 unspecified atom stereocenters. The summed E-state index contributed by atoms with van der Waals surface area (Å²) in [6.07, 6.45) is 3.85. The van der Waals surface area contributed by atoms with E-state index in [1.54, 1.807) is 6.07 Å². The summed E-state index contributed by atoms with van der Waals surface area (Å²) in [5.41, 5.74) is 4.53. The number of aromatic nitrogens is 2. The zero-order valence-electron chi connectivity index (χ0n) is 13.5. The number of halogens is 2. The molecule has 0 aliphatic rings. The molecule has 0 aliphatic carbocycles. The topological polar surface area (TPSA) is 29.9 Å². The van der Waals surface area contributed by atoms with Crippen molar-refractivity contribution in [2.45, 2.75) is 13.5 Å². The molecule has 0 spiro atoms. The van der Waals surface area contributed by atoms with Crippen LogP contribution in [0.3, 0.4) is 0 Å². The van der Waals surface area contributed by atoms with Crippen LogP contribution in [0.25, 0.3) is 22.6 Å². The van der Waals surface area contributed by atoms with Crippen LogP contribution in [0.15, 0.2) is 65.3 Å². The Hall–Kier alpha value is -2.72. The molecule has 0 fully saturated rings. The predicted octanol–water partition coefficient (Wildman–Crippen LogP) is 4.93. The van der Waals surface area contributed by atoms with Gasteiger partial charge in [0.2, 0.25) is 5.89 Å². The summed E-state index contributed by atoms with van der Waals surface area (Å²) in [4.78, 5) is 4.54. The molecule has 0 atom stereocenters. The van der Waals surface area contributed by atoms with Crippen LogP contribution in [-0.4, -0.2) is 4.98 Å². The SMILES string of the molecule is Cc1ccc2oc(-c3cc[n+](Cc4ccc(F)cc4Cl)cc3)nc2c1. The fourth-order valence-electron chi connectivity index (χ4n) is 2.71. The molecule has 0 aliphatic heterocycles. The maximum Gasteiger partial charge on any atom is 0.227 e. The molecular formula is C20H15ClFN2O+. The van der Waals surface area contributed by atoms with Gasteiger partial charge < -0.3 is 4.42 Å². The van der Waals surface area contributed by atoms with Gasteiger partial charge in [-0.1, -0.05) is 17.7 Å². The lowest BCUT2D eigenvalue weighted by Gasteiger charge is -2.01. The highest BCUT2D eigenvalue weighted by molar-refractivity contribution is 6.31. The second kappa shape index (κ2) is 6.30. The van der Waals surface area contributed by atoms with Crippen LogP contribution in [0, 0.1) is 12.7 Å². The maximum absolute atomic E-state index is 13.1. The number of nitrogens with zero attached hydrogens (tertiary/aromatic N) is 2. The first-order chi connectivity index (χ1) is 12.1. The van der Waals surface area contributed by atoms with Crippen LogP contribution >= 0.6 is 11.6 Å². The quantitative estimate of drug-likeness (QED) is 0.489. The van der Waals surface area contributed by atoms with Gasteiger partial charge in [-0.3, -0.25) is 0 Å². The van der Waals surface area contributed by atoms with Gasteiger partial charge in [-0.05, 0) is 42.8 Å². The molecule has 0 N–H and O–H groups in total. The average molecular weight is 354 g/mol. The highest BCUT2D eigenvalue weighted by atomic mass is 35.5. The van der Waals surface area contributed by atoms with Crippen molar-refractivity contribution < 1.29 is 13.4 Å². The molecule has 0 saturated carbocycles. The summed E-state index contributed by atoms with van der Waals surface area (Å²) in [7, 11) is 0. The molecule has 2 aromatic heterocycles. The second-order valence-electron chi connectivity index (χ2n) is 5.99. The Morgan fingerprint density at radius 2 is 1.88 bits per heavy atom. The Labute approximate surface area is 149 Å². The fourth-order valence-corrected chi connectivity index (χ4v) is 2.94. The minimum atomic E-state index is -0.333. The summed E-state index contributed by atoms with van der Waals surface area (Å²) < 4.78 is 20.9. The monoisotopic (exact) mass is 353 g/mol. The Kier molecular flexibility index (Phi) is 3.98. The smallest absolute Gasteiger partial charge is 0.227 e. The van der Waals surface area contributed by atoms with Gasteiger partial charge in [0, 0.05) is 23.3 Å². The Balaban J connectivity index is 1.60. The van der Waals surface area contributed by atoms with Crippen molar-refractivity contribution >= 4 is 22.7 Å². The Morgan fingerprint density at radius 3 is 2.64 bits per heavy atom. The van der Waals surface area contributed by atoms with E-state index in [-0.39, 0.29) is 5.82 Å². The average Bonchev–Trinajstić information content (AvgIpc) is 3.01. The molecule has 4 rings (SSSR count). The Bertz CT molecular complexity index is 1060. The van der Waals surface area contributed by atoms with E-state index >= 15 is 0 Å². The number of oxazole rings is 1. The fraction of sp³-hybridized carbons (Fsp3) is 0.100. The van der Waals surface area contributed by atoms with Crippen LogP contribution in [0.1, 0.15) is 11.1 Å². The van der Waals surface area contributed by atoms with Crippen molar-refractivity contribution in [1.82, 2.24) is 4.98 Å². The third-order valence-electron chi connectivity index (χ3n) is 4.05. The van der Waals surface area contributed by atoms with Crippen molar-refractivity contribution in [2.24, 2.45) is 0 Å². The summed E-state index contributed by atoms with van der Waals surface area (Å²) in [5, 5.41) is 0.422. The molecular weight excluding hydrogens is 339 g/mol. The summed E-state index contributed by atoms with van der Waals surface area (Å²) in [6.45, 7) is 2.59. The molecule has 2 heterocycles.